The van der Waals surface area contributed by atoms with Crippen molar-refractivity contribution in [2.75, 3.05) is 20.4 Å². The number of hydrogen-bond donors (Lipinski definition) is 0. The first-order valence-electron chi connectivity index (χ1n) is 10.6. The summed E-state index contributed by atoms with van der Waals surface area (Å²) in [5, 5.41) is 0. The average Bonchev–Trinajstić information content (AvgIpc) is 3.29. The van der Waals surface area contributed by atoms with Crippen molar-refractivity contribution in [3.05, 3.63) is 82.9 Å². The van der Waals surface area contributed by atoms with Gasteiger partial charge in [0, 0.05) is 12.1 Å². The molecule has 2 aliphatic heterocycles. The molecule has 0 saturated heterocycles. The number of benzene rings is 3. The first-order valence-corrected chi connectivity index (χ1v) is 12.0. The molecule has 33 heavy (non-hydrogen) atoms. The van der Waals surface area contributed by atoms with E-state index in [1.807, 2.05) is 13.0 Å². The standard InChI is InChI=1S/C25H23NO6S/c1-16-3-9-20(10-4-16)33(28,29)26-12-11-18-13-22-23(32-15-31-22)14-21(18)24(26)25(27)17-5-7-19(30-2)8-6-17/h3-10,13-14,24H,11-12,15H2,1-2H3. The number of fused-ring (bicyclic) bond motifs is 2. The van der Waals surface area contributed by atoms with Crippen molar-refractivity contribution in [3.8, 4) is 17.2 Å². The Morgan fingerprint density at radius 1 is 1.00 bits per heavy atom. The topological polar surface area (TPSA) is 82.1 Å². The molecule has 170 valence electrons. The summed E-state index contributed by atoms with van der Waals surface area (Å²) < 4.78 is 44.9. The number of sulfonamides is 1. The zero-order valence-corrected chi connectivity index (χ0v) is 19.1. The molecule has 0 radical (unpaired) electrons. The number of nitrogens with zero attached hydrogens (tertiary/aromatic N) is 1. The Bertz CT molecular complexity index is 1320. The molecule has 0 bridgehead atoms. The summed E-state index contributed by atoms with van der Waals surface area (Å²) in [5.41, 5.74) is 2.84. The highest BCUT2D eigenvalue weighted by Gasteiger charge is 2.42. The second kappa shape index (κ2) is 8.20. The third-order valence-corrected chi connectivity index (χ3v) is 7.95. The van der Waals surface area contributed by atoms with Crippen molar-refractivity contribution in [3.63, 3.8) is 0 Å². The smallest absolute Gasteiger partial charge is 0.244 e. The average molecular weight is 466 g/mol. The van der Waals surface area contributed by atoms with E-state index in [-0.39, 0.29) is 24.0 Å². The maximum absolute atomic E-state index is 13.8. The number of Topliss-reactive ketones (excluding diaryl/α,β-unsaturated/α-hetero) is 1. The number of ketones is 1. The third-order valence-electron chi connectivity index (χ3n) is 6.07. The van der Waals surface area contributed by atoms with E-state index in [1.54, 1.807) is 61.7 Å². The summed E-state index contributed by atoms with van der Waals surface area (Å²) in [6.07, 6.45) is 0.462. The molecule has 3 aromatic carbocycles. The van der Waals surface area contributed by atoms with E-state index in [0.29, 0.717) is 34.8 Å². The first-order chi connectivity index (χ1) is 15.9. The molecule has 0 saturated carbocycles. The number of hydrogen-bond acceptors (Lipinski definition) is 6. The van der Waals surface area contributed by atoms with Crippen molar-refractivity contribution in [2.45, 2.75) is 24.3 Å². The van der Waals surface area contributed by atoms with Crippen LogP contribution in [0.15, 0.2) is 65.6 Å². The lowest BCUT2D eigenvalue weighted by molar-refractivity contribution is 0.0886. The van der Waals surface area contributed by atoms with Crippen LogP contribution >= 0.6 is 0 Å². The Morgan fingerprint density at radius 3 is 2.33 bits per heavy atom. The molecule has 0 aromatic heterocycles. The van der Waals surface area contributed by atoms with E-state index in [9.17, 15) is 13.2 Å². The Labute approximate surface area is 192 Å². The molecule has 0 N–H and O–H groups in total. The lowest BCUT2D eigenvalue weighted by Gasteiger charge is -2.35. The van der Waals surface area contributed by atoms with Gasteiger partial charge in [-0.25, -0.2) is 8.42 Å². The van der Waals surface area contributed by atoms with Gasteiger partial charge in [-0.15, -0.1) is 0 Å². The van der Waals surface area contributed by atoms with E-state index in [4.69, 9.17) is 14.2 Å². The SMILES string of the molecule is COc1ccc(C(=O)C2c3cc4c(cc3CCN2S(=O)(=O)c2ccc(C)cc2)OCO4)cc1. The lowest BCUT2D eigenvalue weighted by Crippen LogP contribution is -2.43. The summed E-state index contributed by atoms with van der Waals surface area (Å²) in [6, 6.07) is 15.9. The highest BCUT2D eigenvalue weighted by molar-refractivity contribution is 7.89. The largest absolute Gasteiger partial charge is 0.497 e. The molecule has 0 spiro atoms. The van der Waals surface area contributed by atoms with E-state index in [2.05, 4.69) is 0 Å². The van der Waals surface area contributed by atoms with Crippen LogP contribution in [0.1, 0.15) is 33.1 Å². The fourth-order valence-electron chi connectivity index (χ4n) is 4.28. The van der Waals surface area contributed by atoms with E-state index in [1.165, 1.54) is 4.31 Å². The van der Waals surface area contributed by atoms with Gasteiger partial charge in [-0.2, -0.15) is 4.31 Å². The van der Waals surface area contributed by atoms with Crippen LogP contribution < -0.4 is 14.2 Å². The van der Waals surface area contributed by atoms with Crippen molar-refractivity contribution in [2.24, 2.45) is 0 Å². The second-order valence-corrected chi connectivity index (χ2v) is 9.97. The minimum absolute atomic E-state index is 0.0979. The Balaban J connectivity index is 1.63. The van der Waals surface area contributed by atoms with Gasteiger partial charge in [-0.3, -0.25) is 4.79 Å². The molecule has 3 aromatic rings. The summed E-state index contributed by atoms with van der Waals surface area (Å²) in [5.74, 6) is 1.42. The van der Waals surface area contributed by atoms with Gasteiger partial charge in [0.2, 0.25) is 16.8 Å². The molecule has 0 amide bonds. The third kappa shape index (κ3) is 3.75. The van der Waals surface area contributed by atoms with E-state index >= 15 is 0 Å². The predicted octanol–water partition coefficient (Wildman–Crippen LogP) is 3.90. The summed E-state index contributed by atoms with van der Waals surface area (Å²) >= 11 is 0. The molecule has 8 heteroatoms. The van der Waals surface area contributed by atoms with Gasteiger partial charge in [-0.1, -0.05) is 17.7 Å². The highest BCUT2D eigenvalue weighted by atomic mass is 32.2. The number of ether oxygens (including phenoxy) is 3. The molecule has 2 heterocycles. The predicted molar refractivity (Wildman–Crippen MR) is 121 cm³/mol. The van der Waals surface area contributed by atoms with Gasteiger partial charge in [0.05, 0.1) is 12.0 Å². The minimum Gasteiger partial charge on any atom is -0.497 e. The second-order valence-electron chi connectivity index (χ2n) is 8.08. The zero-order valence-electron chi connectivity index (χ0n) is 18.3. The molecule has 2 aliphatic rings. The Hall–Kier alpha value is -3.36. The molecular weight excluding hydrogens is 442 g/mol. The first kappa shape index (κ1) is 21.5. The molecule has 1 unspecified atom stereocenters. The molecule has 0 fully saturated rings. The van der Waals surface area contributed by atoms with Gasteiger partial charge in [0.1, 0.15) is 11.8 Å². The van der Waals surface area contributed by atoms with Gasteiger partial charge in [0.15, 0.2) is 17.3 Å². The van der Waals surface area contributed by atoms with Crippen molar-refractivity contribution >= 4 is 15.8 Å². The molecule has 5 rings (SSSR count). The van der Waals surface area contributed by atoms with E-state index in [0.717, 1.165) is 11.1 Å². The van der Waals surface area contributed by atoms with Gasteiger partial charge < -0.3 is 14.2 Å². The molecule has 0 aliphatic carbocycles. The molecule has 7 nitrogen and oxygen atoms in total. The lowest BCUT2D eigenvalue weighted by atomic mass is 9.89. The van der Waals surface area contributed by atoms with Crippen LogP contribution in [0.4, 0.5) is 0 Å². The minimum atomic E-state index is -3.93. The summed E-state index contributed by atoms with van der Waals surface area (Å²) in [7, 11) is -2.39. The molecular formula is C25H23NO6S. The van der Waals surface area contributed by atoms with Crippen LogP contribution in [0.5, 0.6) is 17.2 Å². The summed E-state index contributed by atoms with van der Waals surface area (Å²) in [6.45, 7) is 2.17. The maximum atomic E-state index is 13.8. The van der Waals surface area contributed by atoms with Crippen LogP contribution in [-0.2, 0) is 16.4 Å². The quantitative estimate of drug-likeness (QED) is 0.532. The van der Waals surface area contributed by atoms with Crippen molar-refractivity contribution in [1.82, 2.24) is 4.31 Å². The van der Waals surface area contributed by atoms with Crippen molar-refractivity contribution in [1.29, 1.82) is 0 Å². The Morgan fingerprint density at radius 2 is 1.67 bits per heavy atom. The van der Waals surface area contributed by atoms with Gasteiger partial charge >= 0.3 is 0 Å². The number of methoxy groups -OCH3 is 1. The zero-order chi connectivity index (χ0) is 23.2. The number of carbonyl (C=O) groups excluding carboxylic acids is 1. The Kier molecular flexibility index (Phi) is 5.34. The van der Waals surface area contributed by atoms with Crippen LogP contribution in [0.2, 0.25) is 0 Å². The van der Waals surface area contributed by atoms with Crippen LogP contribution in [0, 0.1) is 6.92 Å². The normalized spacial score (nSPS) is 17.5. The fraction of sp³-hybridized carbons (Fsp3) is 0.240. The monoisotopic (exact) mass is 465 g/mol. The van der Waals surface area contributed by atoms with Crippen LogP contribution in [0.3, 0.4) is 0 Å². The fourth-order valence-corrected chi connectivity index (χ4v) is 5.84. The van der Waals surface area contributed by atoms with Crippen LogP contribution in [0.25, 0.3) is 0 Å². The number of carbonyl (C=O) groups is 1. The van der Waals surface area contributed by atoms with Crippen LogP contribution in [-0.4, -0.2) is 39.0 Å². The number of rotatable bonds is 5. The number of aryl methyl sites for hydroxylation is 1. The maximum Gasteiger partial charge on any atom is 0.244 e. The van der Waals surface area contributed by atoms with Gasteiger partial charge in [-0.05, 0) is 73.0 Å². The summed E-state index contributed by atoms with van der Waals surface area (Å²) in [4.78, 5) is 13.9. The van der Waals surface area contributed by atoms with E-state index < -0.39 is 16.1 Å². The molecule has 1 atom stereocenters. The van der Waals surface area contributed by atoms with Crippen molar-refractivity contribution < 1.29 is 27.4 Å². The van der Waals surface area contributed by atoms with Gasteiger partial charge in [0.25, 0.3) is 0 Å². The highest BCUT2D eigenvalue weighted by Crippen LogP contribution is 2.43.